The van der Waals surface area contributed by atoms with E-state index in [0.717, 1.165) is 19.4 Å². The highest BCUT2D eigenvalue weighted by Gasteiger charge is 2.05. The van der Waals surface area contributed by atoms with Crippen LogP contribution in [0.4, 0.5) is 0 Å². The number of nitrogens with one attached hydrogen (secondary N) is 1. The van der Waals surface area contributed by atoms with Gasteiger partial charge in [0, 0.05) is 18.1 Å². The molecule has 0 saturated carbocycles. The van der Waals surface area contributed by atoms with Crippen LogP contribution in [0.2, 0.25) is 0 Å². The summed E-state index contributed by atoms with van der Waals surface area (Å²) in [4.78, 5) is 15.1. The molecule has 4 heteroatoms. The van der Waals surface area contributed by atoms with Gasteiger partial charge in [0.2, 0.25) is 0 Å². The molecule has 12 heavy (non-hydrogen) atoms. The van der Waals surface area contributed by atoms with Crippen LogP contribution < -0.4 is 5.32 Å². The lowest BCUT2D eigenvalue weighted by molar-refractivity contribution is 0.0953. The number of thiazole rings is 1. The van der Waals surface area contributed by atoms with E-state index < -0.39 is 0 Å². The normalized spacial score (nSPS) is 9.75. The SMILES string of the molecule is CCCCNC(=O)c1nccs1. The molecule has 0 fully saturated rings. The lowest BCUT2D eigenvalue weighted by Crippen LogP contribution is -2.23. The van der Waals surface area contributed by atoms with Crippen LogP contribution in [0.25, 0.3) is 0 Å². The lowest BCUT2D eigenvalue weighted by Gasteiger charge is -1.99. The minimum atomic E-state index is -0.0570. The van der Waals surface area contributed by atoms with Gasteiger partial charge in [-0.25, -0.2) is 4.98 Å². The molecule has 1 aromatic heterocycles. The van der Waals surface area contributed by atoms with Gasteiger partial charge in [0.15, 0.2) is 5.01 Å². The average Bonchev–Trinajstić information content (AvgIpc) is 2.56. The molecule has 0 aliphatic rings. The molecule has 1 amide bonds. The number of aromatic nitrogens is 1. The van der Waals surface area contributed by atoms with Gasteiger partial charge in [-0.3, -0.25) is 4.79 Å². The number of hydrogen-bond acceptors (Lipinski definition) is 3. The monoisotopic (exact) mass is 184 g/mol. The molecule has 0 bridgehead atoms. The molecule has 0 atom stereocenters. The summed E-state index contributed by atoms with van der Waals surface area (Å²) in [5.41, 5.74) is 0. The third-order valence-corrected chi connectivity index (χ3v) is 2.21. The Morgan fingerprint density at radius 2 is 2.58 bits per heavy atom. The number of carbonyl (C=O) groups excluding carboxylic acids is 1. The number of hydrogen-bond donors (Lipinski definition) is 1. The first-order valence-corrected chi connectivity index (χ1v) is 4.90. The van der Waals surface area contributed by atoms with Crippen molar-refractivity contribution in [3.05, 3.63) is 16.6 Å². The van der Waals surface area contributed by atoms with Crippen molar-refractivity contribution in [3.63, 3.8) is 0 Å². The molecular formula is C8H12N2OS. The van der Waals surface area contributed by atoms with Crippen molar-refractivity contribution in [2.24, 2.45) is 0 Å². The van der Waals surface area contributed by atoms with E-state index in [1.807, 2.05) is 0 Å². The fourth-order valence-corrected chi connectivity index (χ4v) is 1.34. The summed E-state index contributed by atoms with van der Waals surface area (Å²) < 4.78 is 0. The molecule has 1 rings (SSSR count). The Morgan fingerprint density at radius 3 is 3.17 bits per heavy atom. The predicted molar refractivity (Wildman–Crippen MR) is 49.4 cm³/mol. The minimum Gasteiger partial charge on any atom is -0.350 e. The molecule has 66 valence electrons. The summed E-state index contributed by atoms with van der Waals surface area (Å²) in [5.74, 6) is -0.0570. The maximum absolute atomic E-state index is 11.2. The second kappa shape index (κ2) is 4.87. The highest BCUT2D eigenvalue weighted by atomic mass is 32.1. The Hall–Kier alpha value is -0.900. The van der Waals surface area contributed by atoms with E-state index in [2.05, 4.69) is 17.2 Å². The van der Waals surface area contributed by atoms with Gasteiger partial charge >= 0.3 is 0 Å². The minimum absolute atomic E-state index is 0.0570. The van der Waals surface area contributed by atoms with Crippen LogP contribution in [-0.2, 0) is 0 Å². The van der Waals surface area contributed by atoms with E-state index >= 15 is 0 Å². The third-order valence-electron chi connectivity index (χ3n) is 1.44. The Kier molecular flexibility index (Phi) is 3.73. The van der Waals surface area contributed by atoms with Gasteiger partial charge in [-0.1, -0.05) is 13.3 Å². The largest absolute Gasteiger partial charge is 0.350 e. The summed E-state index contributed by atoms with van der Waals surface area (Å²) in [6.07, 6.45) is 3.76. The van der Waals surface area contributed by atoms with Gasteiger partial charge in [0.25, 0.3) is 5.91 Å². The summed E-state index contributed by atoms with van der Waals surface area (Å²) >= 11 is 1.37. The molecular weight excluding hydrogens is 172 g/mol. The van der Waals surface area contributed by atoms with Gasteiger partial charge in [-0.15, -0.1) is 11.3 Å². The van der Waals surface area contributed by atoms with E-state index in [1.165, 1.54) is 11.3 Å². The Balaban J connectivity index is 2.30. The maximum Gasteiger partial charge on any atom is 0.280 e. The standard InChI is InChI=1S/C8H12N2OS/c1-2-3-4-9-7(11)8-10-5-6-12-8/h5-6H,2-4H2,1H3,(H,9,11). The molecule has 0 spiro atoms. The van der Waals surface area contributed by atoms with Crippen molar-refractivity contribution < 1.29 is 4.79 Å². The predicted octanol–water partition coefficient (Wildman–Crippen LogP) is 1.67. The van der Waals surface area contributed by atoms with E-state index in [9.17, 15) is 4.79 Å². The quantitative estimate of drug-likeness (QED) is 0.723. The van der Waals surface area contributed by atoms with Crippen LogP contribution in [0.1, 0.15) is 29.6 Å². The Labute approximate surface area is 75.8 Å². The van der Waals surface area contributed by atoms with E-state index in [4.69, 9.17) is 0 Å². The van der Waals surface area contributed by atoms with Gasteiger partial charge in [-0.05, 0) is 6.42 Å². The summed E-state index contributed by atoms with van der Waals surface area (Å²) in [6, 6.07) is 0. The first-order valence-electron chi connectivity index (χ1n) is 4.02. The molecule has 0 aliphatic heterocycles. The summed E-state index contributed by atoms with van der Waals surface area (Å²) in [7, 11) is 0. The van der Waals surface area contributed by atoms with Crippen LogP contribution in [0.3, 0.4) is 0 Å². The number of rotatable bonds is 4. The molecule has 1 aromatic rings. The highest BCUT2D eigenvalue weighted by molar-refractivity contribution is 7.11. The number of unbranched alkanes of at least 4 members (excludes halogenated alkanes) is 1. The van der Waals surface area contributed by atoms with Gasteiger partial charge < -0.3 is 5.32 Å². The Morgan fingerprint density at radius 1 is 1.75 bits per heavy atom. The fraction of sp³-hybridized carbons (Fsp3) is 0.500. The maximum atomic E-state index is 11.2. The van der Waals surface area contributed by atoms with Crippen LogP contribution in [0.5, 0.6) is 0 Å². The summed E-state index contributed by atoms with van der Waals surface area (Å²) in [5, 5.41) is 5.14. The zero-order valence-corrected chi connectivity index (χ0v) is 7.86. The van der Waals surface area contributed by atoms with Crippen LogP contribution >= 0.6 is 11.3 Å². The first-order chi connectivity index (χ1) is 5.84. The van der Waals surface area contributed by atoms with E-state index in [1.54, 1.807) is 11.6 Å². The molecule has 0 saturated heterocycles. The molecule has 0 aromatic carbocycles. The second-order valence-corrected chi connectivity index (χ2v) is 3.34. The molecule has 3 nitrogen and oxygen atoms in total. The molecule has 0 unspecified atom stereocenters. The van der Waals surface area contributed by atoms with Crippen LogP contribution in [0.15, 0.2) is 11.6 Å². The number of carbonyl (C=O) groups is 1. The number of amides is 1. The average molecular weight is 184 g/mol. The van der Waals surface area contributed by atoms with Crippen molar-refractivity contribution in [3.8, 4) is 0 Å². The van der Waals surface area contributed by atoms with Crippen molar-refractivity contribution in [1.82, 2.24) is 10.3 Å². The number of nitrogens with zero attached hydrogens (tertiary/aromatic N) is 1. The molecule has 0 aliphatic carbocycles. The van der Waals surface area contributed by atoms with Crippen molar-refractivity contribution in [2.75, 3.05) is 6.54 Å². The molecule has 0 radical (unpaired) electrons. The van der Waals surface area contributed by atoms with Gasteiger partial charge in [-0.2, -0.15) is 0 Å². The zero-order chi connectivity index (χ0) is 8.81. The summed E-state index contributed by atoms with van der Waals surface area (Å²) in [6.45, 7) is 2.84. The molecule has 1 N–H and O–H groups in total. The molecule has 1 heterocycles. The van der Waals surface area contributed by atoms with E-state index in [-0.39, 0.29) is 5.91 Å². The van der Waals surface area contributed by atoms with Gasteiger partial charge in [0.1, 0.15) is 0 Å². The van der Waals surface area contributed by atoms with Crippen molar-refractivity contribution >= 4 is 17.2 Å². The third kappa shape index (κ3) is 2.62. The smallest absolute Gasteiger partial charge is 0.280 e. The Bertz CT molecular complexity index is 233. The highest BCUT2D eigenvalue weighted by Crippen LogP contribution is 2.02. The second-order valence-electron chi connectivity index (χ2n) is 2.45. The topological polar surface area (TPSA) is 42.0 Å². The first kappa shape index (κ1) is 9.19. The van der Waals surface area contributed by atoms with Crippen molar-refractivity contribution in [1.29, 1.82) is 0 Å². The fourth-order valence-electron chi connectivity index (χ4n) is 0.790. The zero-order valence-electron chi connectivity index (χ0n) is 7.04. The van der Waals surface area contributed by atoms with Crippen molar-refractivity contribution in [2.45, 2.75) is 19.8 Å². The van der Waals surface area contributed by atoms with Gasteiger partial charge in [0.05, 0.1) is 0 Å². The lowest BCUT2D eigenvalue weighted by atomic mass is 10.3. The van der Waals surface area contributed by atoms with Crippen LogP contribution in [0, 0.1) is 0 Å². The van der Waals surface area contributed by atoms with E-state index in [0.29, 0.717) is 5.01 Å². The van der Waals surface area contributed by atoms with Crippen LogP contribution in [-0.4, -0.2) is 17.4 Å².